The van der Waals surface area contributed by atoms with Crippen molar-refractivity contribution in [2.45, 2.75) is 13.3 Å². The fraction of sp³-hybridized carbons (Fsp3) is 0.278. The van der Waals surface area contributed by atoms with Crippen LogP contribution in [0.3, 0.4) is 0 Å². The maximum atomic E-state index is 10.8. The summed E-state index contributed by atoms with van der Waals surface area (Å²) < 4.78 is 5.73. The molecule has 0 heterocycles. The lowest BCUT2D eigenvalue weighted by molar-refractivity contribution is -0.136. The molecular weight excluding hydrogens is 278 g/mol. The van der Waals surface area contributed by atoms with Crippen molar-refractivity contribution in [3.8, 4) is 5.75 Å². The molecule has 0 radical (unpaired) electrons. The molecule has 0 unspecified atom stereocenters. The third-order valence-corrected chi connectivity index (χ3v) is 3.37. The number of aryl methyl sites for hydroxylation is 1. The number of carboxylic acids is 1. The molecule has 0 spiro atoms. The van der Waals surface area contributed by atoms with Gasteiger partial charge in [-0.25, -0.2) is 0 Å². The number of carboxylic acid groups (broad SMARTS) is 1. The van der Waals surface area contributed by atoms with Gasteiger partial charge in [0.2, 0.25) is 0 Å². The summed E-state index contributed by atoms with van der Waals surface area (Å²) in [5, 5.41) is 8.88. The van der Waals surface area contributed by atoms with E-state index in [1.807, 2.05) is 66.4 Å². The van der Waals surface area contributed by atoms with Crippen molar-refractivity contribution in [3.05, 3.63) is 60.2 Å². The van der Waals surface area contributed by atoms with Gasteiger partial charge in [-0.05, 0) is 31.2 Å². The van der Waals surface area contributed by atoms with Crippen molar-refractivity contribution in [1.82, 2.24) is 0 Å². The highest BCUT2D eigenvalue weighted by molar-refractivity contribution is 5.67. The Morgan fingerprint density at radius 1 is 1.05 bits per heavy atom. The van der Waals surface area contributed by atoms with Crippen LogP contribution in [-0.2, 0) is 4.79 Å². The molecule has 0 aliphatic rings. The van der Waals surface area contributed by atoms with Crippen LogP contribution >= 0.6 is 0 Å². The molecule has 2 aromatic rings. The van der Waals surface area contributed by atoms with Crippen molar-refractivity contribution in [2.24, 2.45) is 0 Å². The van der Waals surface area contributed by atoms with E-state index in [-0.39, 0.29) is 6.42 Å². The normalized spacial score (nSPS) is 10.2. The molecule has 0 fully saturated rings. The molecule has 22 heavy (non-hydrogen) atoms. The first-order valence-corrected chi connectivity index (χ1v) is 7.36. The molecule has 0 saturated carbocycles. The van der Waals surface area contributed by atoms with E-state index in [0.29, 0.717) is 19.7 Å². The van der Waals surface area contributed by atoms with Gasteiger partial charge in [0.1, 0.15) is 12.4 Å². The van der Waals surface area contributed by atoms with E-state index < -0.39 is 5.97 Å². The second-order valence-corrected chi connectivity index (χ2v) is 5.13. The fourth-order valence-electron chi connectivity index (χ4n) is 2.15. The Kier molecular flexibility index (Phi) is 5.83. The Morgan fingerprint density at radius 3 is 2.36 bits per heavy atom. The SMILES string of the molecule is Cc1ccc(OCCN(CCC(=O)O)c2ccccc2)cc1. The van der Waals surface area contributed by atoms with Gasteiger partial charge in [-0.1, -0.05) is 35.9 Å². The predicted octanol–water partition coefficient (Wildman–Crippen LogP) is 3.36. The third kappa shape index (κ3) is 5.13. The Labute approximate surface area is 131 Å². The molecule has 0 aromatic heterocycles. The number of para-hydroxylation sites is 1. The number of hydrogen-bond donors (Lipinski definition) is 1. The van der Waals surface area contributed by atoms with Crippen LogP contribution in [0.25, 0.3) is 0 Å². The van der Waals surface area contributed by atoms with E-state index in [1.165, 1.54) is 5.56 Å². The molecule has 0 saturated heterocycles. The number of benzene rings is 2. The molecule has 116 valence electrons. The van der Waals surface area contributed by atoms with Gasteiger partial charge < -0.3 is 14.7 Å². The summed E-state index contributed by atoms with van der Waals surface area (Å²) in [6.45, 7) is 3.66. The second-order valence-electron chi connectivity index (χ2n) is 5.13. The second kappa shape index (κ2) is 8.08. The summed E-state index contributed by atoms with van der Waals surface area (Å²) in [5.41, 5.74) is 2.20. The smallest absolute Gasteiger partial charge is 0.305 e. The first-order chi connectivity index (χ1) is 10.6. The first kappa shape index (κ1) is 15.9. The minimum Gasteiger partial charge on any atom is -0.492 e. The van der Waals surface area contributed by atoms with E-state index in [9.17, 15) is 4.79 Å². The average molecular weight is 299 g/mol. The van der Waals surface area contributed by atoms with Crippen molar-refractivity contribution in [1.29, 1.82) is 0 Å². The Hall–Kier alpha value is -2.49. The highest BCUT2D eigenvalue weighted by Gasteiger charge is 2.08. The van der Waals surface area contributed by atoms with Crippen molar-refractivity contribution in [2.75, 3.05) is 24.6 Å². The van der Waals surface area contributed by atoms with E-state index >= 15 is 0 Å². The standard InChI is InChI=1S/C18H21NO3/c1-15-7-9-17(10-8-15)22-14-13-19(12-11-18(20)21)16-5-3-2-4-6-16/h2-10H,11-14H2,1H3,(H,20,21). The highest BCUT2D eigenvalue weighted by Crippen LogP contribution is 2.15. The molecule has 2 aromatic carbocycles. The van der Waals surface area contributed by atoms with Crippen molar-refractivity contribution < 1.29 is 14.6 Å². The van der Waals surface area contributed by atoms with Crippen molar-refractivity contribution in [3.63, 3.8) is 0 Å². The van der Waals surface area contributed by atoms with Gasteiger partial charge in [-0.15, -0.1) is 0 Å². The molecule has 1 N–H and O–H groups in total. The fourth-order valence-corrected chi connectivity index (χ4v) is 2.15. The number of carbonyl (C=O) groups is 1. The van der Waals surface area contributed by atoms with Gasteiger partial charge in [0, 0.05) is 12.2 Å². The van der Waals surface area contributed by atoms with Crippen LogP contribution < -0.4 is 9.64 Å². The van der Waals surface area contributed by atoms with E-state index in [1.54, 1.807) is 0 Å². The topological polar surface area (TPSA) is 49.8 Å². The quantitative estimate of drug-likeness (QED) is 0.812. The summed E-state index contributed by atoms with van der Waals surface area (Å²) in [7, 11) is 0. The zero-order valence-corrected chi connectivity index (χ0v) is 12.7. The summed E-state index contributed by atoms with van der Waals surface area (Å²) in [4.78, 5) is 12.8. The lowest BCUT2D eigenvalue weighted by atomic mass is 10.2. The van der Waals surface area contributed by atoms with Crippen LogP contribution in [0.4, 0.5) is 5.69 Å². The van der Waals surface area contributed by atoms with Crippen LogP contribution in [0.1, 0.15) is 12.0 Å². The zero-order valence-electron chi connectivity index (χ0n) is 12.7. The molecular formula is C18H21NO3. The summed E-state index contributed by atoms with van der Waals surface area (Å²) in [6.07, 6.45) is 0.111. The number of ether oxygens (including phenoxy) is 1. The summed E-state index contributed by atoms with van der Waals surface area (Å²) >= 11 is 0. The van der Waals surface area contributed by atoms with Crippen LogP contribution in [0.2, 0.25) is 0 Å². The number of nitrogens with zero attached hydrogens (tertiary/aromatic N) is 1. The lowest BCUT2D eigenvalue weighted by Gasteiger charge is -2.24. The molecule has 0 aliphatic heterocycles. The van der Waals surface area contributed by atoms with Gasteiger partial charge in [-0.2, -0.15) is 0 Å². The molecule has 0 atom stereocenters. The predicted molar refractivity (Wildman–Crippen MR) is 87.6 cm³/mol. The van der Waals surface area contributed by atoms with Gasteiger partial charge in [0.15, 0.2) is 0 Å². The number of aliphatic carboxylic acids is 1. The minimum absolute atomic E-state index is 0.111. The lowest BCUT2D eigenvalue weighted by Crippen LogP contribution is -2.30. The third-order valence-electron chi connectivity index (χ3n) is 3.37. The van der Waals surface area contributed by atoms with Gasteiger partial charge in [0.25, 0.3) is 0 Å². The summed E-state index contributed by atoms with van der Waals surface area (Å²) in [6, 6.07) is 17.7. The van der Waals surface area contributed by atoms with Gasteiger partial charge in [-0.3, -0.25) is 4.79 Å². The van der Waals surface area contributed by atoms with Crippen LogP contribution in [0.15, 0.2) is 54.6 Å². The number of rotatable bonds is 8. The monoisotopic (exact) mass is 299 g/mol. The molecule has 2 rings (SSSR count). The Balaban J connectivity index is 1.91. The number of anilines is 1. The van der Waals surface area contributed by atoms with Crippen LogP contribution in [0.5, 0.6) is 5.75 Å². The molecule has 4 nitrogen and oxygen atoms in total. The average Bonchev–Trinajstić information content (AvgIpc) is 2.53. The Bertz CT molecular complexity index is 581. The number of hydrogen-bond acceptors (Lipinski definition) is 3. The zero-order chi connectivity index (χ0) is 15.8. The van der Waals surface area contributed by atoms with Gasteiger partial charge >= 0.3 is 5.97 Å². The van der Waals surface area contributed by atoms with Crippen LogP contribution in [0, 0.1) is 6.92 Å². The molecule has 4 heteroatoms. The van der Waals surface area contributed by atoms with E-state index in [0.717, 1.165) is 11.4 Å². The Morgan fingerprint density at radius 2 is 1.73 bits per heavy atom. The summed E-state index contributed by atoms with van der Waals surface area (Å²) in [5.74, 6) is 0.0391. The van der Waals surface area contributed by atoms with Crippen molar-refractivity contribution >= 4 is 11.7 Å². The highest BCUT2D eigenvalue weighted by atomic mass is 16.5. The molecule has 0 amide bonds. The maximum Gasteiger partial charge on any atom is 0.305 e. The minimum atomic E-state index is -0.791. The molecule has 0 aliphatic carbocycles. The largest absolute Gasteiger partial charge is 0.492 e. The van der Waals surface area contributed by atoms with E-state index in [4.69, 9.17) is 9.84 Å². The maximum absolute atomic E-state index is 10.8. The first-order valence-electron chi connectivity index (χ1n) is 7.36. The molecule has 0 bridgehead atoms. The van der Waals surface area contributed by atoms with Crippen LogP contribution in [-0.4, -0.2) is 30.8 Å². The van der Waals surface area contributed by atoms with Gasteiger partial charge in [0.05, 0.1) is 13.0 Å². The van der Waals surface area contributed by atoms with E-state index in [2.05, 4.69) is 0 Å².